The summed E-state index contributed by atoms with van der Waals surface area (Å²) in [5.74, 6) is 1.95. The average molecular weight is 739 g/mol. The standard InChI is InChI=1S/C19H26N6O.C19H24N6O.CH4O/c2*20-18-17(13-22-19(21)23-18)25-8-6-24(7-9-25)16-3-1-2-15(12-16)14-4-10-26-11-5-14;1-2/h1-3,12-14H,4-11H2,(H4,20,21,22,23);1-4,12-13H,5-11H2,(H4,20,21,22,23);2H,1H3. The van der Waals surface area contributed by atoms with E-state index in [1.54, 1.807) is 12.4 Å². The lowest BCUT2D eigenvalue weighted by Crippen LogP contribution is -2.46. The predicted molar refractivity (Wildman–Crippen MR) is 218 cm³/mol. The van der Waals surface area contributed by atoms with Crippen molar-refractivity contribution < 1.29 is 14.6 Å². The number of hydrogen-bond acceptors (Lipinski definition) is 15. The van der Waals surface area contributed by atoms with E-state index in [-0.39, 0.29) is 11.9 Å². The third kappa shape index (κ3) is 9.58. The minimum absolute atomic E-state index is 0.212. The highest BCUT2D eigenvalue weighted by molar-refractivity contribution is 5.70. The molecule has 2 aromatic heterocycles. The zero-order valence-electron chi connectivity index (χ0n) is 31.2. The fourth-order valence-corrected chi connectivity index (χ4v) is 7.40. The predicted octanol–water partition coefficient (Wildman–Crippen LogP) is 3.24. The van der Waals surface area contributed by atoms with Crippen LogP contribution in [0, 0.1) is 0 Å². The lowest BCUT2D eigenvalue weighted by atomic mass is 9.91. The van der Waals surface area contributed by atoms with E-state index in [4.69, 9.17) is 37.5 Å². The Morgan fingerprint density at radius 1 is 0.630 bits per heavy atom. The van der Waals surface area contributed by atoms with Crippen LogP contribution in [0.1, 0.15) is 36.3 Å². The Hall–Kier alpha value is -5.38. The topological polar surface area (TPSA) is 207 Å². The number of benzene rings is 2. The van der Waals surface area contributed by atoms with Crippen molar-refractivity contribution in [2.75, 3.05) is 128 Å². The van der Waals surface area contributed by atoms with E-state index >= 15 is 0 Å². The zero-order chi connectivity index (χ0) is 37.9. The zero-order valence-corrected chi connectivity index (χ0v) is 31.2. The van der Waals surface area contributed by atoms with Crippen molar-refractivity contribution in [1.82, 2.24) is 19.9 Å². The molecular formula is C39H54N12O3. The van der Waals surface area contributed by atoms with Crippen LogP contribution < -0.4 is 42.5 Å². The first kappa shape index (κ1) is 38.3. The SMILES string of the molecule is CO.Nc1ncc(N2CCN(c3cccc(C4=CCOCC4)c3)CC2)c(N)n1.Nc1ncc(N2CCN(c3cccc(C4CCOCC4)c3)CC2)c(N)n1. The van der Waals surface area contributed by atoms with Crippen molar-refractivity contribution >= 4 is 51.9 Å². The smallest absolute Gasteiger partial charge is 0.222 e. The van der Waals surface area contributed by atoms with Gasteiger partial charge < -0.3 is 57.1 Å². The van der Waals surface area contributed by atoms with Crippen molar-refractivity contribution in [1.29, 1.82) is 0 Å². The molecule has 6 heterocycles. The second-order valence-electron chi connectivity index (χ2n) is 13.5. The summed E-state index contributed by atoms with van der Waals surface area (Å²) in [6.07, 6.45) is 8.84. The first-order valence-corrected chi connectivity index (χ1v) is 18.7. The number of nitrogens with two attached hydrogens (primary N) is 4. The normalized spacial score (nSPS) is 17.9. The van der Waals surface area contributed by atoms with Crippen molar-refractivity contribution in [3.8, 4) is 0 Å². The van der Waals surface area contributed by atoms with E-state index in [1.165, 1.54) is 28.1 Å². The summed E-state index contributed by atoms with van der Waals surface area (Å²) in [5.41, 5.74) is 31.6. The van der Waals surface area contributed by atoms with Crippen LogP contribution >= 0.6 is 0 Å². The molecule has 288 valence electrons. The monoisotopic (exact) mass is 738 g/mol. The molecule has 0 atom stereocenters. The molecule has 2 aromatic carbocycles. The van der Waals surface area contributed by atoms with Gasteiger partial charge in [-0.1, -0.05) is 30.3 Å². The number of nitrogen functional groups attached to an aromatic ring is 4. The number of piperazine rings is 2. The third-order valence-electron chi connectivity index (χ3n) is 10.3. The third-order valence-corrected chi connectivity index (χ3v) is 10.3. The quantitative estimate of drug-likeness (QED) is 0.193. The van der Waals surface area contributed by atoms with Crippen LogP contribution in [0.15, 0.2) is 67.0 Å². The number of rotatable bonds is 6. The molecule has 0 bridgehead atoms. The van der Waals surface area contributed by atoms with E-state index in [2.05, 4.69) is 94.1 Å². The van der Waals surface area contributed by atoms with Crippen LogP contribution in [0.5, 0.6) is 0 Å². The molecule has 0 aliphatic carbocycles. The molecule has 0 unspecified atom stereocenters. The summed E-state index contributed by atoms with van der Waals surface area (Å²) in [5, 5.41) is 7.00. The second-order valence-corrected chi connectivity index (χ2v) is 13.5. The van der Waals surface area contributed by atoms with Crippen LogP contribution in [0.2, 0.25) is 0 Å². The van der Waals surface area contributed by atoms with E-state index in [0.29, 0.717) is 24.2 Å². The van der Waals surface area contributed by atoms with Gasteiger partial charge in [-0.05, 0) is 66.1 Å². The maximum atomic E-state index is 7.00. The Morgan fingerprint density at radius 3 is 1.67 bits per heavy atom. The average Bonchev–Trinajstić information content (AvgIpc) is 3.23. The molecule has 9 N–H and O–H groups in total. The summed E-state index contributed by atoms with van der Waals surface area (Å²) in [7, 11) is 1.00. The summed E-state index contributed by atoms with van der Waals surface area (Å²) >= 11 is 0. The number of hydrogen-bond donors (Lipinski definition) is 5. The summed E-state index contributed by atoms with van der Waals surface area (Å²) in [6.45, 7) is 10.5. The molecule has 4 aliphatic rings. The Labute approximate surface area is 317 Å². The van der Waals surface area contributed by atoms with Crippen LogP contribution in [0.4, 0.5) is 46.3 Å². The summed E-state index contributed by atoms with van der Waals surface area (Å²) in [6, 6.07) is 17.8. The molecule has 15 nitrogen and oxygen atoms in total. The highest BCUT2D eigenvalue weighted by Crippen LogP contribution is 2.31. The lowest BCUT2D eigenvalue weighted by Gasteiger charge is -2.37. The van der Waals surface area contributed by atoms with Crippen molar-refractivity contribution in [3.05, 3.63) is 78.1 Å². The summed E-state index contributed by atoms with van der Waals surface area (Å²) in [4.78, 5) is 25.6. The maximum Gasteiger partial charge on any atom is 0.222 e. The molecule has 0 saturated carbocycles. The number of aromatic nitrogens is 4. The van der Waals surface area contributed by atoms with Gasteiger partial charge in [0, 0.05) is 84.1 Å². The molecule has 0 amide bonds. The molecule has 0 radical (unpaired) electrons. The minimum atomic E-state index is 0.212. The Kier molecular flexibility index (Phi) is 13.2. The van der Waals surface area contributed by atoms with Gasteiger partial charge >= 0.3 is 0 Å². The highest BCUT2D eigenvalue weighted by Gasteiger charge is 2.23. The van der Waals surface area contributed by atoms with Crippen molar-refractivity contribution in [2.24, 2.45) is 0 Å². The van der Waals surface area contributed by atoms with Gasteiger partial charge in [-0.3, -0.25) is 0 Å². The molecule has 4 aliphatic heterocycles. The molecule has 3 fully saturated rings. The minimum Gasteiger partial charge on any atom is -0.400 e. The van der Waals surface area contributed by atoms with E-state index in [1.807, 2.05) is 0 Å². The van der Waals surface area contributed by atoms with Gasteiger partial charge in [-0.25, -0.2) is 9.97 Å². The molecule has 15 heteroatoms. The van der Waals surface area contributed by atoms with Crippen LogP contribution in [0.25, 0.3) is 5.57 Å². The van der Waals surface area contributed by atoms with E-state index < -0.39 is 0 Å². The van der Waals surface area contributed by atoms with Gasteiger partial charge in [-0.2, -0.15) is 9.97 Å². The van der Waals surface area contributed by atoms with Gasteiger partial charge in [0.25, 0.3) is 0 Å². The van der Waals surface area contributed by atoms with Gasteiger partial charge in [0.05, 0.1) is 37.0 Å². The second kappa shape index (κ2) is 18.6. The Bertz CT molecular complexity index is 1840. The first-order valence-electron chi connectivity index (χ1n) is 18.7. The Morgan fingerprint density at radius 2 is 1.15 bits per heavy atom. The van der Waals surface area contributed by atoms with Crippen LogP contribution in [-0.2, 0) is 9.47 Å². The van der Waals surface area contributed by atoms with Gasteiger partial charge in [0.15, 0.2) is 11.6 Å². The van der Waals surface area contributed by atoms with Crippen LogP contribution in [-0.4, -0.2) is 111 Å². The molecule has 0 spiro atoms. The fraction of sp³-hybridized carbons (Fsp3) is 0.436. The largest absolute Gasteiger partial charge is 0.400 e. The Balaban J connectivity index is 0.000000176. The van der Waals surface area contributed by atoms with Gasteiger partial charge in [0.2, 0.25) is 11.9 Å². The molecule has 4 aromatic rings. The number of ether oxygens (including phenoxy) is 2. The van der Waals surface area contributed by atoms with Crippen molar-refractivity contribution in [2.45, 2.75) is 25.2 Å². The van der Waals surface area contributed by atoms with E-state index in [0.717, 1.165) is 110 Å². The highest BCUT2D eigenvalue weighted by atomic mass is 16.5. The number of aliphatic hydroxyl groups excluding tert-OH is 1. The van der Waals surface area contributed by atoms with Gasteiger partial charge in [0.1, 0.15) is 0 Å². The molecule has 3 saturated heterocycles. The summed E-state index contributed by atoms with van der Waals surface area (Å²) < 4.78 is 10.9. The number of nitrogens with zero attached hydrogens (tertiary/aromatic N) is 8. The van der Waals surface area contributed by atoms with Crippen molar-refractivity contribution in [3.63, 3.8) is 0 Å². The van der Waals surface area contributed by atoms with Gasteiger partial charge in [-0.15, -0.1) is 0 Å². The molecule has 8 rings (SSSR count). The number of aliphatic hydroxyl groups is 1. The molecular weight excluding hydrogens is 685 g/mol. The first-order chi connectivity index (χ1) is 26.4. The maximum absolute atomic E-state index is 7.00. The molecule has 54 heavy (non-hydrogen) atoms. The lowest BCUT2D eigenvalue weighted by molar-refractivity contribution is 0.0853. The fourth-order valence-electron chi connectivity index (χ4n) is 7.40. The van der Waals surface area contributed by atoms with Crippen LogP contribution in [0.3, 0.4) is 0 Å². The van der Waals surface area contributed by atoms with E-state index in [9.17, 15) is 0 Å². The number of anilines is 8.